The van der Waals surface area contributed by atoms with Crippen molar-refractivity contribution in [2.75, 3.05) is 32.9 Å². The number of carbonyl (C=O) groups is 1. The summed E-state index contributed by atoms with van der Waals surface area (Å²) in [6.07, 6.45) is -1.67. The first-order chi connectivity index (χ1) is 15.4. The maximum Gasteiger partial charge on any atom is 0.315 e. The van der Waals surface area contributed by atoms with Gasteiger partial charge in [0.05, 0.1) is 11.7 Å². The summed E-state index contributed by atoms with van der Waals surface area (Å²) in [5.41, 5.74) is 3.53. The number of hydrogen-bond acceptors (Lipinski definition) is 5. The SMILES string of the molecule is O=C(N[C@H](CF)[C@H](O)c1ccc(-c2ccc(CN3CC4(CCNC4)C3)nc2)cc1)C(F)F. The molecule has 2 aromatic rings. The molecule has 1 aromatic heterocycles. The predicted molar refractivity (Wildman–Crippen MR) is 114 cm³/mol. The number of alkyl halides is 3. The van der Waals surface area contributed by atoms with Crippen LogP contribution in [0.2, 0.25) is 0 Å². The van der Waals surface area contributed by atoms with Crippen molar-refractivity contribution in [2.24, 2.45) is 5.41 Å². The van der Waals surface area contributed by atoms with Gasteiger partial charge in [0, 0.05) is 43.4 Å². The molecule has 2 aliphatic heterocycles. The molecule has 1 spiro atoms. The van der Waals surface area contributed by atoms with Gasteiger partial charge in [0.25, 0.3) is 5.91 Å². The van der Waals surface area contributed by atoms with E-state index in [4.69, 9.17) is 0 Å². The lowest BCUT2D eigenvalue weighted by Crippen LogP contribution is -2.56. The van der Waals surface area contributed by atoms with Gasteiger partial charge in [-0.15, -0.1) is 0 Å². The van der Waals surface area contributed by atoms with E-state index in [2.05, 4.69) is 15.2 Å². The van der Waals surface area contributed by atoms with Crippen LogP contribution in [0.4, 0.5) is 13.2 Å². The van der Waals surface area contributed by atoms with Crippen molar-refractivity contribution in [2.45, 2.75) is 31.5 Å². The zero-order valence-electron chi connectivity index (χ0n) is 17.6. The summed E-state index contributed by atoms with van der Waals surface area (Å²) in [7, 11) is 0. The molecule has 0 aliphatic carbocycles. The molecular weight excluding hydrogens is 421 g/mol. The number of carbonyl (C=O) groups excluding carboxylic acids is 1. The number of nitrogens with zero attached hydrogens (tertiary/aromatic N) is 2. The first-order valence-electron chi connectivity index (χ1n) is 10.7. The van der Waals surface area contributed by atoms with Gasteiger partial charge in [-0.1, -0.05) is 30.3 Å². The van der Waals surface area contributed by atoms with Crippen molar-refractivity contribution in [1.29, 1.82) is 0 Å². The topological polar surface area (TPSA) is 77.5 Å². The Morgan fingerprint density at radius 2 is 1.91 bits per heavy atom. The van der Waals surface area contributed by atoms with E-state index >= 15 is 0 Å². The molecule has 172 valence electrons. The molecule has 1 aromatic carbocycles. The minimum absolute atomic E-state index is 0.323. The molecule has 0 saturated carbocycles. The van der Waals surface area contributed by atoms with Crippen molar-refractivity contribution in [3.05, 3.63) is 53.9 Å². The minimum Gasteiger partial charge on any atom is -0.386 e. The van der Waals surface area contributed by atoms with Gasteiger partial charge in [0.15, 0.2) is 0 Å². The van der Waals surface area contributed by atoms with Crippen LogP contribution in [0.3, 0.4) is 0 Å². The first-order valence-corrected chi connectivity index (χ1v) is 10.7. The molecule has 0 radical (unpaired) electrons. The maximum absolute atomic E-state index is 13.2. The quantitative estimate of drug-likeness (QED) is 0.578. The third kappa shape index (κ3) is 4.95. The fraction of sp³-hybridized carbons (Fsp3) is 0.478. The average molecular weight is 448 g/mol. The second kappa shape index (κ2) is 9.56. The van der Waals surface area contributed by atoms with Gasteiger partial charge < -0.3 is 15.7 Å². The molecule has 32 heavy (non-hydrogen) atoms. The Balaban J connectivity index is 1.34. The lowest BCUT2D eigenvalue weighted by molar-refractivity contribution is -0.133. The number of nitrogens with one attached hydrogen (secondary N) is 2. The number of benzene rings is 1. The van der Waals surface area contributed by atoms with Gasteiger partial charge in [-0.25, -0.2) is 4.39 Å². The zero-order chi connectivity index (χ0) is 22.7. The Morgan fingerprint density at radius 3 is 2.47 bits per heavy atom. The molecule has 2 saturated heterocycles. The lowest BCUT2D eigenvalue weighted by atomic mass is 9.79. The third-order valence-corrected chi connectivity index (χ3v) is 6.32. The average Bonchev–Trinajstić information content (AvgIpc) is 3.27. The molecule has 1 amide bonds. The van der Waals surface area contributed by atoms with Crippen LogP contribution in [0.15, 0.2) is 42.6 Å². The van der Waals surface area contributed by atoms with E-state index in [9.17, 15) is 23.1 Å². The number of aromatic nitrogens is 1. The van der Waals surface area contributed by atoms with Crippen molar-refractivity contribution in [3.8, 4) is 11.1 Å². The highest BCUT2D eigenvalue weighted by Crippen LogP contribution is 2.36. The van der Waals surface area contributed by atoms with Crippen LogP contribution in [0.1, 0.15) is 23.8 Å². The highest BCUT2D eigenvalue weighted by molar-refractivity contribution is 5.79. The zero-order valence-corrected chi connectivity index (χ0v) is 17.6. The smallest absolute Gasteiger partial charge is 0.315 e. The summed E-state index contributed by atoms with van der Waals surface area (Å²) in [5, 5.41) is 15.5. The summed E-state index contributed by atoms with van der Waals surface area (Å²) in [4.78, 5) is 18.1. The monoisotopic (exact) mass is 448 g/mol. The van der Waals surface area contributed by atoms with Gasteiger partial charge in [0.2, 0.25) is 0 Å². The van der Waals surface area contributed by atoms with Crippen LogP contribution < -0.4 is 10.6 Å². The fourth-order valence-corrected chi connectivity index (χ4v) is 4.55. The Morgan fingerprint density at radius 1 is 1.19 bits per heavy atom. The number of likely N-dealkylation sites (tertiary alicyclic amines) is 1. The van der Waals surface area contributed by atoms with E-state index in [0.717, 1.165) is 49.5 Å². The predicted octanol–water partition coefficient (Wildman–Crippen LogP) is 2.30. The summed E-state index contributed by atoms with van der Waals surface area (Å²) in [5.74, 6) is -1.61. The molecular formula is C23H27F3N4O2. The van der Waals surface area contributed by atoms with Crippen LogP contribution in [0.25, 0.3) is 11.1 Å². The molecule has 3 N–H and O–H groups in total. The Kier molecular flexibility index (Phi) is 6.78. The van der Waals surface area contributed by atoms with E-state index in [1.807, 2.05) is 17.4 Å². The molecule has 2 atom stereocenters. The van der Waals surface area contributed by atoms with Gasteiger partial charge in [-0.3, -0.25) is 14.7 Å². The summed E-state index contributed by atoms with van der Waals surface area (Å²) in [6.45, 7) is 4.07. The second-order valence-corrected chi connectivity index (χ2v) is 8.75. The summed E-state index contributed by atoms with van der Waals surface area (Å²) < 4.78 is 38.0. The highest BCUT2D eigenvalue weighted by atomic mass is 19.3. The van der Waals surface area contributed by atoms with Crippen molar-refractivity contribution < 1.29 is 23.1 Å². The molecule has 9 heteroatoms. The lowest BCUT2D eigenvalue weighted by Gasteiger charge is -2.47. The van der Waals surface area contributed by atoms with Crippen LogP contribution in [0.5, 0.6) is 0 Å². The standard InChI is InChI=1S/C23H27F3N4O2/c24-9-19(29-22(32)21(25)26)20(31)16-3-1-15(2-4-16)17-5-6-18(28-10-17)11-30-13-23(14-30)7-8-27-12-23/h1-6,10,19-21,27,31H,7-9,11-14H2,(H,29,32)/t19-,20-/m1/s1. The molecule has 3 heterocycles. The van der Waals surface area contributed by atoms with Gasteiger partial charge in [-0.05, 0) is 30.2 Å². The largest absolute Gasteiger partial charge is 0.386 e. The van der Waals surface area contributed by atoms with Crippen LogP contribution in [0, 0.1) is 5.41 Å². The number of rotatable bonds is 8. The van der Waals surface area contributed by atoms with Crippen LogP contribution in [-0.2, 0) is 11.3 Å². The summed E-state index contributed by atoms with van der Waals surface area (Å²) >= 11 is 0. The number of aliphatic hydroxyl groups is 1. The number of amides is 1. The van der Waals surface area contributed by atoms with Gasteiger partial charge in [-0.2, -0.15) is 8.78 Å². The Labute approximate surface area is 184 Å². The fourth-order valence-electron chi connectivity index (χ4n) is 4.55. The molecule has 2 fully saturated rings. The van der Waals surface area contributed by atoms with Crippen LogP contribution >= 0.6 is 0 Å². The van der Waals surface area contributed by atoms with E-state index in [-0.39, 0.29) is 0 Å². The number of aliphatic hydroxyl groups excluding tert-OH is 1. The number of pyridine rings is 1. The third-order valence-electron chi connectivity index (χ3n) is 6.32. The Bertz CT molecular complexity index is 910. The van der Waals surface area contributed by atoms with E-state index in [0.29, 0.717) is 11.0 Å². The molecule has 0 unspecified atom stereocenters. The van der Waals surface area contributed by atoms with Gasteiger partial charge >= 0.3 is 6.43 Å². The number of hydrogen-bond donors (Lipinski definition) is 3. The molecule has 2 aliphatic rings. The van der Waals surface area contributed by atoms with E-state index in [1.54, 1.807) is 30.5 Å². The highest BCUT2D eigenvalue weighted by Gasteiger charge is 2.44. The van der Waals surface area contributed by atoms with Crippen molar-refractivity contribution in [3.63, 3.8) is 0 Å². The van der Waals surface area contributed by atoms with E-state index < -0.39 is 31.2 Å². The van der Waals surface area contributed by atoms with Crippen molar-refractivity contribution >= 4 is 5.91 Å². The summed E-state index contributed by atoms with van der Waals surface area (Å²) in [6, 6.07) is 9.18. The van der Waals surface area contributed by atoms with Crippen LogP contribution in [-0.4, -0.2) is 66.2 Å². The molecule has 4 rings (SSSR count). The number of halogens is 3. The maximum atomic E-state index is 13.2. The first kappa shape index (κ1) is 22.7. The Hall–Kier alpha value is -2.49. The van der Waals surface area contributed by atoms with E-state index in [1.165, 1.54) is 6.42 Å². The minimum atomic E-state index is -3.27. The van der Waals surface area contributed by atoms with Gasteiger partial charge in [0.1, 0.15) is 12.8 Å². The normalized spacial score (nSPS) is 19.7. The molecule has 6 nitrogen and oxygen atoms in total. The molecule has 0 bridgehead atoms. The second-order valence-electron chi connectivity index (χ2n) is 8.75. The van der Waals surface area contributed by atoms with Crippen molar-refractivity contribution in [1.82, 2.24) is 20.5 Å².